The molecule has 0 bridgehead atoms. The van der Waals surface area contributed by atoms with Crippen LogP contribution in [0.2, 0.25) is 0 Å². The van der Waals surface area contributed by atoms with E-state index in [1.54, 1.807) is 13.8 Å². The predicted octanol–water partition coefficient (Wildman–Crippen LogP) is 4.07. The molecule has 3 heteroatoms. The van der Waals surface area contributed by atoms with Crippen molar-refractivity contribution in [2.45, 2.75) is 64.4 Å². The van der Waals surface area contributed by atoms with Crippen molar-refractivity contribution in [3.05, 3.63) is 40.2 Å². The van der Waals surface area contributed by atoms with Crippen molar-refractivity contribution in [1.82, 2.24) is 0 Å². The highest BCUT2D eigenvalue weighted by atomic mass is 16.3. The van der Waals surface area contributed by atoms with Crippen molar-refractivity contribution in [2.75, 3.05) is 0 Å². The number of fused-ring (bicyclic) bond motifs is 3. The summed E-state index contributed by atoms with van der Waals surface area (Å²) in [5.74, 6) is 1.13. The van der Waals surface area contributed by atoms with Crippen LogP contribution >= 0.6 is 0 Å². The fraction of sp³-hybridized carbons (Fsp3) is 0.579. The first-order valence-electron chi connectivity index (χ1n) is 8.13. The van der Waals surface area contributed by atoms with Crippen LogP contribution in [0.4, 0.5) is 0 Å². The second-order valence-corrected chi connectivity index (χ2v) is 7.69. The molecule has 3 rings (SSSR count). The lowest BCUT2D eigenvalue weighted by molar-refractivity contribution is 0.0754. The van der Waals surface area contributed by atoms with Crippen molar-refractivity contribution in [3.8, 4) is 5.75 Å². The van der Waals surface area contributed by atoms with Crippen molar-refractivity contribution >= 4 is 0 Å². The lowest BCUT2D eigenvalue weighted by Crippen LogP contribution is -2.40. The van der Waals surface area contributed by atoms with Crippen molar-refractivity contribution < 1.29 is 15.3 Å². The summed E-state index contributed by atoms with van der Waals surface area (Å²) in [6, 6.07) is 3.93. The van der Waals surface area contributed by atoms with Gasteiger partial charge in [-0.2, -0.15) is 0 Å². The third-order valence-electron chi connectivity index (χ3n) is 5.87. The molecule has 0 radical (unpaired) electrons. The molecule has 0 unspecified atom stereocenters. The Morgan fingerprint density at radius 2 is 1.86 bits per heavy atom. The van der Waals surface area contributed by atoms with E-state index < -0.39 is 5.60 Å². The van der Waals surface area contributed by atoms with Crippen LogP contribution in [0.1, 0.15) is 63.6 Å². The zero-order chi connectivity index (χ0) is 16.3. The molecule has 0 aliphatic heterocycles. The molecule has 2 atom stereocenters. The number of phenols is 1. The molecule has 22 heavy (non-hydrogen) atoms. The van der Waals surface area contributed by atoms with Gasteiger partial charge in [0.05, 0.1) is 11.4 Å². The molecule has 0 fully saturated rings. The first-order chi connectivity index (χ1) is 10.2. The normalized spacial score (nSPS) is 28.3. The maximum atomic E-state index is 10.7. The molecule has 1 aromatic carbocycles. The second kappa shape index (κ2) is 4.76. The molecule has 1 aromatic rings. The average Bonchev–Trinajstić information content (AvgIpc) is 2.43. The van der Waals surface area contributed by atoms with Gasteiger partial charge in [-0.3, -0.25) is 0 Å². The van der Waals surface area contributed by atoms with E-state index in [0.717, 1.165) is 30.4 Å². The number of hydrogen-bond acceptors (Lipinski definition) is 3. The fourth-order valence-corrected chi connectivity index (χ4v) is 4.49. The zero-order valence-electron chi connectivity index (χ0n) is 13.9. The second-order valence-electron chi connectivity index (χ2n) is 7.69. The predicted molar refractivity (Wildman–Crippen MR) is 87.1 cm³/mol. The quantitative estimate of drug-likeness (QED) is 0.733. The molecule has 0 heterocycles. The van der Waals surface area contributed by atoms with Crippen LogP contribution < -0.4 is 0 Å². The standard InChI is InChI=1S/C19H26O3/c1-11-13-6-5-12-14(19(13,4)10-9-16(11)20)7-8-15(17(12)21)18(2,3)22/h7-8,13,20-22H,5-6,9-10H2,1-4H3/t13-,19-/m0/s1. The van der Waals surface area contributed by atoms with E-state index in [1.807, 2.05) is 13.0 Å². The topological polar surface area (TPSA) is 60.7 Å². The van der Waals surface area contributed by atoms with Crippen LogP contribution in [0.5, 0.6) is 5.75 Å². The third-order valence-corrected chi connectivity index (χ3v) is 5.87. The zero-order valence-corrected chi connectivity index (χ0v) is 13.9. The SMILES string of the molecule is CC1=C(O)CC[C@]2(C)c3ccc(C(C)(C)O)c(O)c3CC[C@@H]12. The van der Waals surface area contributed by atoms with Crippen LogP contribution in [-0.2, 0) is 17.4 Å². The molecule has 2 aliphatic rings. The largest absolute Gasteiger partial charge is 0.512 e. The van der Waals surface area contributed by atoms with Gasteiger partial charge in [0.2, 0.25) is 0 Å². The summed E-state index contributed by atoms with van der Waals surface area (Å²) >= 11 is 0. The first kappa shape index (κ1) is 15.4. The molecule has 3 nitrogen and oxygen atoms in total. The van der Waals surface area contributed by atoms with Crippen LogP contribution in [0.25, 0.3) is 0 Å². The third kappa shape index (κ3) is 2.06. The van der Waals surface area contributed by atoms with Gasteiger partial charge in [0, 0.05) is 12.0 Å². The molecule has 0 spiro atoms. The Hall–Kier alpha value is -1.48. The number of rotatable bonds is 1. The minimum absolute atomic E-state index is 0.0422. The molecule has 3 N–H and O–H groups in total. The first-order valence-corrected chi connectivity index (χ1v) is 8.13. The number of benzene rings is 1. The number of hydrogen-bond donors (Lipinski definition) is 3. The van der Waals surface area contributed by atoms with Crippen LogP contribution in [0, 0.1) is 5.92 Å². The highest BCUT2D eigenvalue weighted by molar-refractivity contribution is 5.53. The summed E-state index contributed by atoms with van der Waals surface area (Å²) < 4.78 is 0. The van der Waals surface area contributed by atoms with Crippen LogP contribution in [0.15, 0.2) is 23.5 Å². The Morgan fingerprint density at radius 3 is 2.50 bits per heavy atom. The molecule has 0 saturated heterocycles. The number of phenolic OH excluding ortho intramolecular Hbond substituents is 1. The lowest BCUT2D eigenvalue weighted by Gasteiger charge is -2.47. The molecular formula is C19H26O3. The molecular weight excluding hydrogens is 276 g/mol. The Balaban J connectivity index is 2.16. The molecule has 2 aliphatic carbocycles. The summed E-state index contributed by atoms with van der Waals surface area (Å²) in [5, 5.41) is 31.0. The van der Waals surface area contributed by atoms with Crippen molar-refractivity contribution in [2.24, 2.45) is 5.92 Å². The van der Waals surface area contributed by atoms with Gasteiger partial charge in [0.15, 0.2) is 0 Å². The van der Waals surface area contributed by atoms with Gasteiger partial charge in [-0.05, 0) is 68.1 Å². The van der Waals surface area contributed by atoms with Gasteiger partial charge in [-0.1, -0.05) is 19.1 Å². The van der Waals surface area contributed by atoms with Gasteiger partial charge in [-0.25, -0.2) is 0 Å². The maximum absolute atomic E-state index is 10.7. The number of allylic oxidation sites excluding steroid dienone is 2. The highest BCUT2D eigenvalue weighted by Crippen LogP contribution is 2.53. The number of aliphatic hydroxyl groups is 2. The van der Waals surface area contributed by atoms with E-state index in [0.29, 0.717) is 23.7 Å². The Kier molecular flexibility index (Phi) is 3.33. The Labute approximate surface area is 132 Å². The molecule has 0 aromatic heterocycles. The monoisotopic (exact) mass is 302 g/mol. The summed E-state index contributed by atoms with van der Waals surface area (Å²) in [7, 11) is 0. The minimum atomic E-state index is -1.04. The van der Waals surface area contributed by atoms with Gasteiger partial charge in [-0.15, -0.1) is 0 Å². The van der Waals surface area contributed by atoms with E-state index in [2.05, 4.69) is 13.0 Å². The molecule has 0 saturated carbocycles. The van der Waals surface area contributed by atoms with E-state index in [4.69, 9.17) is 0 Å². The summed E-state index contributed by atoms with van der Waals surface area (Å²) in [5.41, 5.74) is 2.77. The van der Waals surface area contributed by atoms with Gasteiger partial charge >= 0.3 is 0 Å². The van der Waals surface area contributed by atoms with Crippen LogP contribution in [0.3, 0.4) is 0 Å². The fourth-order valence-electron chi connectivity index (χ4n) is 4.49. The van der Waals surface area contributed by atoms with Crippen molar-refractivity contribution in [3.63, 3.8) is 0 Å². The van der Waals surface area contributed by atoms with Crippen molar-refractivity contribution in [1.29, 1.82) is 0 Å². The van der Waals surface area contributed by atoms with Gasteiger partial charge in [0.1, 0.15) is 5.75 Å². The van der Waals surface area contributed by atoms with Crippen LogP contribution in [-0.4, -0.2) is 15.3 Å². The summed E-state index contributed by atoms with van der Waals surface area (Å²) in [4.78, 5) is 0. The average molecular weight is 302 g/mol. The maximum Gasteiger partial charge on any atom is 0.125 e. The Bertz CT molecular complexity index is 651. The van der Waals surface area contributed by atoms with Gasteiger partial charge in [0.25, 0.3) is 0 Å². The number of aliphatic hydroxyl groups excluding tert-OH is 1. The van der Waals surface area contributed by atoms with E-state index in [1.165, 1.54) is 5.56 Å². The summed E-state index contributed by atoms with van der Waals surface area (Å²) in [6.45, 7) is 7.68. The number of aromatic hydroxyl groups is 1. The molecule has 0 amide bonds. The Morgan fingerprint density at radius 1 is 1.18 bits per heavy atom. The summed E-state index contributed by atoms with van der Waals surface area (Å²) in [6.07, 6.45) is 3.32. The molecule has 120 valence electrons. The van der Waals surface area contributed by atoms with Gasteiger partial charge < -0.3 is 15.3 Å². The van der Waals surface area contributed by atoms with E-state index in [-0.39, 0.29) is 11.2 Å². The minimum Gasteiger partial charge on any atom is -0.512 e. The smallest absolute Gasteiger partial charge is 0.125 e. The lowest BCUT2D eigenvalue weighted by atomic mass is 9.57. The van der Waals surface area contributed by atoms with E-state index in [9.17, 15) is 15.3 Å². The highest BCUT2D eigenvalue weighted by Gasteiger charge is 2.45. The van der Waals surface area contributed by atoms with E-state index >= 15 is 0 Å².